The molecule has 5 rings (SSSR count). The van der Waals surface area contributed by atoms with Gasteiger partial charge in [-0.1, -0.05) is 31.5 Å². The zero-order valence-electron chi connectivity index (χ0n) is 23.1. The molecule has 0 radical (unpaired) electrons. The Balaban J connectivity index is 1.65. The molecule has 2 aromatic rings. The van der Waals surface area contributed by atoms with Gasteiger partial charge < -0.3 is 19.8 Å². The number of likely N-dealkylation sites (tertiary alicyclic amines) is 1. The van der Waals surface area contributed by atoms with Crippen LogP contribution in [0.25, 0.3) is 0 Å². The molecule has 1 unspecified atom stereocenters. The van der Waals surface area contributed by atoms with Crippen LogP contribution in [0.4, 0.5) is 23.2 Å². The highest BCUT2D eigenvalue weighted by molar-refractivity contribution is 6.32. The fraction of sp³-hybridized carbons (Fsp3) is 0.533. The molecular weight excluding hydrogens is 562 g/mol. The average Bonchev–Trinajstić information content (AvgIpc) is 3.13. The van der Waals surface area contributed by atoms with Gasteiger partial charge in [0, 0.05) is 36.8 Å². The fourth-order valence-corrected chi connectivity index (χ4v) is 6.96. The van der Waals surface area contributed by atoms with Crippen molar-refractivity contribution < 1.29 is 32.3 Å². The van der Waals surface area contributed by atoms with E-state index in [4.69, 9.17) is 11.6 Å². The summed E-state index contributed by atoms with van der Waals surface area (Å²) in [5, 5.41) is 11.6. The molecule has 1 saturated carbocycles. The maximum atomic E-state index is 15.2. The molecule has 41 heavy (non-hydrogen) atoms. The van der Waals surface area contributed by atoms with E-state index in [-0.39, 0.29) is 34.8 Å². The number of hydrogen-bond donors (Lipinski definition) is 1. The molecular formula is C30H34ClF4N3O3. The van der Waals surface area contributed by atoms with Crippen molar-refractivity contribution in [1.29, 1.82) is 0 Å². The number of hydrogen-bond acceptors (Lipinski definition) is 4. The van der Waals surface area contributed by atoms with Crippen LogP contribution >= 0.6 is 11.6 Å². The first-order chi connectivity index (χ1) is 19.4. The van der Waals surface area contributed by atoms with Crippen LogP contribution in [0.5, 0.6) is 0 Å². The number of rotatable bonds is 7. The van der Waals surface area contributed by atoms with Crippen molar-refractivity contribution >= 4 is 29.1 Å². The number of piperidine rings is 1. The Morgan fingerprint density at radius 3 is 2.34 bits per heavy atom. The van der Waals surface area contributed by atoms with Crippen LogP contribution in [0.2, 0.25) is 5.02 Å². The summed E-state index contributed by atoms with van der Waals surface area (Å²) in [5.74, 6) is -2.84. The Hall–Kier alpha value is -2.69. The Morgan fingerprint density at radius 1 is 1.10 bits per heavy atom. The zero-order chi connectivity index (χ0) is 29.7. The number of fused-ring (bicyclic) bond motifs is 1. The van der Waals surface area contributed by atoms with Gasteiger partial charge >= 0.3 is 6.18 Å². The standard InChI is InChI=1S/C30H34ClF4N3O3/c1-3-36(4-2)20-13-18(14-20)17-38-24-16-19(27(39)37-11-6-5-7-12-37)15-21(30(33,34)35)25(24)29(41,28(38)40)26-22(31)9-8-10-23(26)32/h8-10,15-16,18,20,41H,3-7,11-14,17H2,1-2H3. The molecule has 0 spiro atoms. The van der Waals surface area contributed by atoms with Gasteiger partial charge in [-0.15, -0.1) is 0 Å². The number of nitrogens with zero attached hydrogens (tertiary/aromatic N) is 3. The second kappa shape index (κ2) is 11.2. The summed E-state index contributed by atoms with van der Waals surface area (Å²) >= 11 is 6.24. The highest BCUT2D eigenvalue weighted by Crippen LogP contribution is 2.53. The lowest BCUT2D eigenvalue weighted by Crippen LogP contribution is -2.50. The first-order valence-electron chi connectivity index (χ1n) is 14.2. The highest BCUT2D eigenvalue weighted by atomic mass is 35.5. The molecule has 0 bridgehead atoms. The second-order valence-corrected chi connectivity index (χ2v) is 11.6. The number of carbonyl (C=O) groups excluding carboxylic acids is 2. The van der Waals surface area contributed by atoms with Gasteiger partial charge in [-0.3, -0.25) is 9.59 Å². The van der Waals surface area contributed by atoms with E-state index in [0.29, 0.717) is 19.2 Å². The zero-order valence-corrected chi connectivity index (χ0v) is 23.9. The lowest BCUT2D eigenvalue weighted by Gasteiger charge is -2.43. The predicted octanol–water partition coefficient (Wildman–Crippen LogP) is 5.83. The number of amides is 2. The van der Waals surface area contributed by atoms with Crippen LogP contribution < -0.4 is 4.90 Å². The van der Waals surface area contributed by atoms with Gasteiger partial charge in [0.1, 0.15) is 5.82 Å². The smallest absolute Gasteiger partial charge is 0.372 e. The molecule has 1 aliphatic carbocycles. The molecule has 2 heterocycles. The molecule has 0 aromatic heterocycles. The van der Waals surface area contributed by atoms with E-state index in [0.717, 1.165) is 56.2 Å². The van der Waals surface area contributed by atoms with Gasteiger partial charge in [0.25, 0.3) is 11.8 Å². The first-order valence-corrected chi connectivity index (χ1v) is 14.6. The third-order valence-electron chi connectivity index (χ3n) is 8.83. The van der Waals surface area contributed by atoms with Gasteiger partial charge in [-0.25, -0.2) is 4.39 Å². The van der Waals surface area contributed by atoms with Crippen molar-refractivity contribution in [3.05, 3.63) is 63.4 Å². The predicted molar refractivity (Wildman–Crippen MR) is 147 cm³/mol. The molecule has 2 aromatic carbocycles. The number of halogens is 5. The van der Waals surface area contributed by atoms with Crippen LogP contribution in [0, 0.1) is 11.7 Å². The van der Waals surface area contributed by atoms with Crippen LogP contribution in [0.3, 0.4) is 0 Å². The Morgan fingerprint density at radius 2 is 1.76 bits per heavy atom. The Kier molecular flexibility index (Phi) is 8.13. The van der Waals surface area contributed by atoms with Gasteiger partial charge in [0.05, 0.1) is 21.8 Å². The summed E-state index contributed by atoms with van der Waals surface area (Å²) in [6, 6.07) is 5.60. The monoisotopic (exact) mass is 595 g/mol. The highest BCUT2D eigenvalue weighted by Gasteiger charge is 2.58. The molecule has 2 fully saturated rings. The van der Waals surface area contributed by atoms with E-state index in [1.54, 1.807) is 0 Å². The Labute approximate surface area is 241 Å². The molecule has 1 N–H and O–H groups in total. The van der Waals surface area contributed by atoms with E-state index in [2.05, 4.69) is 18.7 Å². The van der Waals surface area contributed by atoms with E-state index in [9.17, 15) is 27.9 Å². The lowest BCUT2D eigenvalue weighted by molar-refractivity contribution is -0.142. The normalized spacial score (nSPS) is 24.6. The van der Waals surface area contributed by atoms with Crippen molar-refractivity contribution in [2.75, 3.05) is 37.6 Å². The van der Waals surface area contributed by atoms with E-state index in [1.165, 1.54) is 23.1 Å². The molecule has 222 valence electrons. The lowest BCUT2D eigenvalue weighted by atomic mass is 9.78. The molecule has 1 atom stereocenters. The maximum absolute atomic E-state index is 15.2. The molecule has 3 aliphatic rings. The maximum Gasteiger partial charge on any atom is 0.416 e. The fourth-order valence-electron chi connectivity index (χ4n) is 6.66. The number of aliphatic hydroxyl groups is 1. The molecule has 2 amide bonds. The summed E-state index contributed by atoms with van der Waals surface area (Å²) in [4.78, 5) is 32.3. The van der Waals surface area contributed by atoms with Crippen molar-refractivity contribution in [2.24, 2.45) is 5.92 Å². The van der Waals surface area contributed by atoms with Crippen LogP contribution in [-0.4, -0.2) is 65.5 Å². The van der Waals surface area contributed by atoms with Crippen molar-refractivity contribution in [3.8, 4) is 0 Å². The van der Waals surface area contributed by atoms with E-state index < -0.39 is 46.1 Å². The average molecular weight is 596 g/mol. The van der Waals surface area contributed by atoms with Gasteiger partial charge in [0.15, 0.2) is 0 Å². The minimum absolute atomic E-state index is 0.0244. The van der Waals surface area contributed by atoms with Crippen molar-refractivity contribution in [1.82, 2.24) is 9.80 Å². The van der Waals surface area contributed by atoms with Crippen molar-refractivity contribution in [2.45, 2.75) is 63.8 Å². The number of benzene rings is 2. The molecule has 11 heteroatoms. The third-order valence-corrected chi connectivity index (χ3v) is 9.14. The van der Waals surface area contributed by atoms with E-state index in [1.807, 2.05) is 0 Å². The first kappa shape index (κ1) is 29.8. The van der Waals surface area contributed by atoms with Crippen molar-refractivity contribution in [3.63, 3.8) is 0 Å². The molecule has 6 nitrogen and oxygen atoms in total. The minimum atomic E-state index is -5.06. The van der Waals surface area contributed by atoms with Crippen LogP contribution in [0.1, 0.15) is 73.0 Å². The number of carbonyl (C=O) groups is 2. The Bertz CT molecular complexity index is 1320. The van der Waals surface area contributed by atoms with Gasteiger partial charge in [0.2, 0.25) is 5.60 Å². The summed E-state index contributed by atoms with van der Waals surface area (Å²) in [7, 11) is 0. The minimum Gasteiger partial charge on any atom is -0.372 e. The molecule has 1 saturated heterocycles. The summed E-state index contributed by atoms with van der Waals surface area (Å²) in [6.45, 7) is 6.66. The van der Waals surface area contributed by atoms with Gasteiger partial charge in [-0.05, 0) is 75.4 Å². The SMILES string of the molecule is CCN(CC)C1CC(CN2C(=O)C(O)(c3c(F)cccc3Cl)c3c2cc(C(=O)N2CCCCC2)cc3C(F)(F)F)C1. The van der Waals surface area contributed by atoms with Crippen LogP contribution in [-0.2, 0) is 16.6 Å². The molecule has 2 aliphatic heterocycles. The van der Waals surface area contributed by atoms with Gasteiger partial charge in [-0.2, -0.15) is 13.2 Å². The number of alkyl halides is 3. The summed E-state index contributed by atoms with van der Waals surface area (Å²) in [5.41, 5.74) is -6.38. The number of anilines is 1. The summed E-state index contributed by atoms with van der Waals surface area (Å²) < 4.78 is 59.3. The van der Waals surface area contributed by atoms with E-state index >= 15 is 4.39 Å². The second-order valence-electron chi connectivity index (χ2n) is 11.2. The summed E-state index contributed by atoms with van der Waals surface area (Å²) in [6.07, 6.45) is -1.20. The third kappa shape index (κ3) is 5.12. The largest absolute Gasteiger partial charge is 0.416 e. The quantitative estimate of drug-likeness (QED) is 0.409. The van der Waals surface area contributed by atoms with Crippen LogP contribution in [0.15, 0.2) is 30.3 Å². The topological polar surface area (TPSA) is 64.1 Å².